The van der Waals surface area contributed by atoms with E-state index in [-0.39, 0.29) is 0 Å². The van der Waals surface area contributed by atoms with Gasteiger partial charge in [-0.25, -0.2) is 0 Å². The van der Waals surface area contributed by atoms with Crippen LogP contribution in [-0.2, 0) is 11.2 Å². The summed E-state index contributed by atoms with van der Waals surface area (Å²) in [5.41, 5.74) is 1.44. The zero-order chi connectivity index (χ0) is 13.1. The highest BCUT2D eigenvalue weighted by Gasteiger charge is 2.05. The van der Waals surface area contributed by atoms with Crippen LogP contribution in [0.3, 0.4) is 0 Å². The fraction of sp³-hybridized carbons (Fsp3) is 0.625. The second-order valence-electron chi connectivity index (χ2n) is 4.84. The van der Waals surface area contributed by atoms with Crippen molar-refractivity contribution in [2.45, 2.75) is 45.1 Å². The van der Waals surface area contributed by atoms with Gasteiger partial charge in [0.25, 0.3) is 0 Å². The molecule has 1 atom stereocenters. The molecule has 2 heteroatoms. The van der Waals surface area contributed by atoms with Crippen LogP contribution in [0.15, 0.2) is 30.3 Å². The van der Waals surface area contributed by atoms with Crippen LogP contribution in [0.4, 0.5) is 0 Å². The molecule has 0 amide bonds. The van der Waals surface area contributed by atoms with Gasteiger partial charge >= 0.3 is 0 Å². The van der Waals surface area contributed by atoms with Crippen molar-refractivity contribution in [3.8, 4) is 0 Å². The Morgan fingerprint density at radius 2 is 1.94 bits per heavy atom. The van der Waals surface area contributed by atoms with Gasteiger partial charge < -0.3 is 10.1 Å². The standard InChI is InChI=1S/C16H27NO/c1-3-9-16(14-18-2)17-13-8-7-12-15-10-5-4-6-11-15/h4-6,10-11,16-17H,3,7-9,12-14H2,1-2H3. The maximum atomic E-state index is 5.22. The lowest BCUT2D eigenvalue weighted by Crippen LogP contribution is -2.33. The molecule has 0 aliphatic rings. The van der Waals surface area contributed by atoms with Crippen molar-refractivity contribution in [1.29, 1.82) is 0 Å². The SMILES string of the molecule is CCCC(COC)NCCCCc1ccccc1. The lowest BCUT2D eigenvalue weighted by Gasteiger charge is -2.16. The van der Waals surface area contributed by atoms with Gasteiger partial charge in [-0.3, -0.25) is 0 Å². The molecule has 1 N–H and O–H groups in total. The Labute approximate surface area is 112 Å². The van der Waals surface area contributed by atoms with E-state index in [1.165, 1.54) is 37.7 Å². The number of hydrogen-bond acceptors (Lipinski definition) is 2. The molecular formula is C16H27NO. The van der Waals surface area contributed by atoms with E-state index in [9.17, 15) is 0 Å². The van der Waals surface area contributed by atoms with E-state index in [1.54, 1.807) is 7.11 Å². The third kappa shape index (κ3) is 6.77. The second-order valence-corrected chi connectivity index (χ2v) is 4.84. The lowest BCUT2D eigenvalue weighted by molar-refractivity contribution is 0.162. The van der Waals surface area contributed by atoms with Gasteiger partial charge in [0.1, 0.15) is 0 Å². The first-order valence-corrected chi connectivity index (χ1v) is 7.13. The molecule has 1 aromatic carbocycles. The molecule has 0 spiro atoms. The summed E-state index contributed by atoms with van der Waals surface area (Å²) in [6.45, 7) is 4.15. The fourth-order valence-electron chi connectivity index (χ4n) is 2.20. The largest absolute Gasteiger partial charge is 0.383 e. The average molecular weight is 249 g/mol. The third-order valence-electron chi connectivity index (χ3n) is 3.17. The van der Waals surface area contributed by atoms with E-state index < -0.39 is 0 Å². The van der Waals surface area contributed by atoms with Crippen molar-refractivity contribution in [1.82, 2.24) is 5.32 Å². The Bertz CT molecular complexity index is 280. The Balaban J connectivity index is 2.06. The maximum absolute atomic E-state index is 5.22. The average Bonchev–Trinajstić information content (AvgIpc) is 2.40. The molecule has 102 valence electrons. The monoisotopic (exact) mass is 249 g/mol. The Morgan fingerprint density at radius 3 is 2.61 bits per heavy atom. The van der Waals surface area contributed by atoms with E-state index in [0.29, 0.717) is 6.04 Å². The molecule has 0 aliphatic heterocycles. The van der Waals surface area contributed by atoms with E-state index in [2.05, 4.69) is 42.6 Å². The zero-order valence-electron chi connectivity index (χ0n) is 11.8. The van der Waals surface area contributed by atoms with E-state index in [4.69, 9.17) is 4.74 Å². The number of unbranched alkanes of at least 4 members (excludes halogenated alkanes) is 1. The Morgan fingerprint density at radius 1 is 1.17 bits per heavy atom. The number of rotatable bonds is 10. The van der Waals surface area contributed by atoms with Crippen LogP contribution in [0.25, 0.3) is 0 Å². The van der Waals surface area contributed by atoms with Crippen LogP contribution in [0.1, 0.15) is 38.2 Å². The van der Waals surface area contributed by atoms with Crippen molar-refractivity contribution in [3.05, 3.63) is 35.9 Å². The maximum Gasteiger partial charge on any atom is 0.0615 e. The van der Waals surface area contributed by atoms with Gasteiger partial charge in [-0.2, -0.15) is 0 Å². The van der Waals surface area contributed by atoms with E-state index >= 15 is 0 Å². The summed E-state index contributed by atoms with van der Waals surface area (Å²) >= 11 is 0. The molecule has 1 aromatic rings. The number of nitrogens with one attached hydrogen (secondary N) is 1. The number of ether oxygens (including phenoxy) is 1. The molecule has 0 bridgehead atoms. The number of hydrogen-bond donors (Lipinski definition) is 1. The summed E-state index contributed by atoms with van der Waals surface area (Å²) < 4.78 is 5.22. The summed E-state index contributed by atoms with van der Waals surface area (Å²) in [6.07, 6.45) is 6.09. The fourth-order valence-corrected chi connectivity index (χ4v) is 2.20. The van der Waals surface area contributed by atoms with Crippen LogP contribution in [0, 0.1) is 0 Å². The first-order valence-electron chi connectivity index (χ1n) is 7.13. The van der Waals surface area contributed by atoms with Crippen LogP contribution in [-0.4, -0.2) is 26.3 Å². The predicted molar refractivity (Wildman–Crippen MR) is 78.0 cm³/mol. The summed E-state index contributed by atoms with van der Waals surface area (Å²) in [5, 5.41) is 3.58. The molecule has 18 heavy (non-hydrogen) atoms. The molecule has 1 rings (SSSR count). The molecule has 1 unspecified atom stereocenters. The summed E-state index contributed by atoms with van der Waals surface area (Å²) in [6, 6.07) is 11.2. The molecular weight excluding hydrogens is 222 g/mol. The van der Waals surface area contributed by atoms with Crippen molar-refractivity contribution >= 4 is 0 Å². The molecule has 0 aliphatic carbocycles. The number of benzene rings is 1. The van der Waals surface area contributed by atoms with Gasteiger partial charge in [0.2, 0.25) is 0 Å². The molecule has 0 radical (unpaired) electrons. The highest BCUT2D eigenvalue weighted by atomic mass is 16.5. The van der Waals surface area contributed by atoms with Crippen molar-refractivity contribution < 1.29 is 4.74 Å². The van der Waals surface area contributed by atoms with Crippen molar-refractivity contribution in [2.24, 2.45) is 0 Å². The smallest absolute Gasteiger partial charge is 0.0615 e. The minimum Gasteiger partial charge on any atom is -0.383 e. The van der Waals surface area contributed by atoms with Gasteiger partial charge in [-0.1, -0.05) is 43.7 Å². The highest BCUT2D eigenvalue weighted by molar-refractivity contribution is 5.14. The minimum absolute atomic E-state index is 0.525. The van der Waals surface area contributed by atoms with E-state index in [1.807, 2.05) is 0 Å². The molecule has 0 saturated carbocycles. The normalized spacial score (nSPS) is 12.6. The summed E-state index contributed by atoms with van der Waals surface area (Å²) in [4.78, 5) is 0. The zero-order valence-corrected chi connectivity index (χ0v) is 11.8. The minimum atomic E-state index is 0.525. The van der Waals surface area contributed by atoms with Gasteiger partial charge in [-0.05, 0) is 37.8 Å². The summed E-state index contributed by atoms with van der Waals surface area (Å²) in [7, 11) is 1.78. The topological polar surface area (TPSA) is 21.3 Å². The number of aryl methyl sites for hydroxylation is 1. The second kappa shape index (κ2) is 10.1. The lowest BCUT2D eigenvalue weighted by atomic mass is 10.1. The first kappa shape index (κ1) is 15.2. The number of methoxy groups -OCH3 is 1. The Hall–Kier alpha value is -0.860. The molecule has 0 aromatic heterocycles. The van der Waals surface area contributed by atoms with Crippen molar-refractivity contribution in [2.75, 3.05) is 20.3 Å². The molecule has 0 heterocycles. The highest BCUT2D eigenvalue weighted by Crippen LogP contribution is 2.04. The molecule has 2 nitrogen and oxygen atoms in total. The Kier molecular flexibility index (Phi) is 8.53. The van der Waals surface area contributed by atoms with Crippen LogP contribution in [0.5, 0.6) is 0 Å². The quantitative estimate of drug-likeness (QED) is 0.642. The van der Waals surface area contributed by atoms with Crippen molar-refractivity contribution in [3.63, 3.8) is 0 Å². The molecule has 0 saturated heterocycles. The van der Waals surface area contributed by atoms with Gasteiger partial charge in [0.15, 0.2) is 0 Å². The van der Waals surface area contributed by atoms with Crippen LogP contribution in [0.2, 0.25) is 0 Å². The third-order valence-corrected chi connectivity index (χ3v) is 3.17. The van der Waals surface area contributed by atoms with Gasteiger partial charge in [0.05, 0.1) is 6.61 Å². The predicted octanol–water partition coefficient (Wildman–Crippen LogP) is 3.41. The van der Waals surface area contributed by atoms with Crippen LogP contribution >= 0.6 is 0 Å². The molecule has 0 fully saturated rings. The van der Waals surface area contributed by atoms with Gasteiger partial charge in [0, 0.05) is 13.2 Å². The first-order chi connectivity index (χ1) is 8.86. The van der Waals surface area contributed by atoms with Gasteiger partial charge in [-0.15, -0.1) is 0 Å². The van der Waals surface area contributed by atoms with E-state index in [0.717, 1.165) is 13.2 Å². The van der Waals surface area contributed by atoms with Crippen LogP contribution < -0.4 is 5.32 Å². The summed E-state index contributed by atoms with van der Waals surface area (Å²) in [5.74, 6) is 0.